The van der Waals surface area contributed by atoms with Crippen molar-refractivity contribution in [3.8, 4) is 5.75 Å². The van der Waals surface area contributed by atoms with Gasteiger partial charge >= 0.3 is 0 Å². The summed E-state index contributed by atoms with van der Waals surface area (Å²) in [6.07, 6.45) is 0. The fourth-order valence-corrected chi connectivity index (χ4v) is 3.08. The second-order valence-corrected chi connectivity index (χ2v) is 6.78. The zero-order valence-corrected chi connectivity index (χ0v) is 13.8. The first-order valence-electron chi connectivity index (χ1n) is 6.41. The summed E-state index contributed by atoms with van der Waals surface area (Å²) in [6.45, 7) is 1.78. The van der Waals surface area contributed by atoms with Crippen molar-refractivity contribution in [3.05, 3.63) is 58.4 Å². The summed E-state index contributed by atoms with van der Waals surface area (Å²) in [5.41, 5.74) is 0.862. The number of hydrogen-bond acceptors (Lipinski definition) is 4. The lowest BCUT2D eigenvalue weighted by atomic mass is 10.1. The van der Waals surface area contributed by atoms with E-state index in [4.69, 9.17) is 16.3 Å². The molecule has 0 aromatic heterocycles. The van der Waals surface area contributed by atoms with Crippen LogP contribution >= 0.6 is 11.6 Å². The van der Waals surface area contributed by atoms with E-state index in [9.17, 15) is 17.6 Å². The van der Waals surface area contributed by atoms with Crippen molar-refractivity contribution in [2.45, 2.75) is 11.8 Å². The molecule has 0 aliphatic heterocycles. The molecule has 0 bridgehead atoms. The van der Waals surface area contributed by atoms with E-state index in [1.165, 1.54) is 25.3 Å². The van der Waals surface area contributed by atoms with Crippen molar-refractivity contribution < 1.29 is 22.3 Å². The van der Waals surface area contributed by atoms with Crippen LogP contribution < -0.4 is 9.46 Å². The van der Waals surface area contributed by atoms with Gasteiger partial charge < -0.3 is 4.74 Å². The first kappa shape index (κ1) is 17.2. The Morgan fingerprint density at radius 1 is 1.22 bits per heavy atom. The van der Waals surface area contributed by atoms with Gasteiger partial charge in [-0.1, -0.05) is 17.7 Å². The molecule has 1 amide bonds. The molecule has 122 valence electrons. The molecule has 0 aliphatic rings. The molecule has 0 atom stereocenters. The normalized spacial score (nSPS) is 11.1. The standard InChI is InChI=1S/C15H13ClFNO4S/c1-9-3-4-10(7-13(9)22-2)15(19)18-23(20,21)14-6-5-11(16)8-12(14)17/h3-8H,1-2H3,(H,18,19). The van der Waals surface area contributed by atoms with E-state index in [0.29, 0.717) is 5.75 Å². The molecule has 2 rings (SSSR count). The van der Waals surface area contributed by atoms with Gasteiger partial charge in [0.15, 0.2) is 0 Å². The molecule has 8 heteroatoms. The highest BCUT2D eigenvalue weighted by Gasteiger charge is 2.23. The number of halogens is 2. The number of nitrogens with one attached hydrogen (secondary N) is 1. The summed E-state index contributed by atoms with van der Waals surface area (Å²) in [6, 6.07) is 7.53. The number of aryl methyl sites for hydroxylation is 1. The molecule has 5 nitrogen and oxygen atoms in total. The topological polar surface area (TPSA) is 72.5 Å². The first-order chi connectivity index (χ1) is 10.7. The van der Waals surface area contributed by atoms with Gasteiger partial charge in [-0.2, -0.15) is 0 Å². The van der Waals surface area contributed by atoms with Gasteiger partial charge in [-0.05, 0) is 42.8 Å². The van der Waals surface area contributed by atoms with Crippen LogP contribution in [-0.4, -0.2) is 21.4 Å². The molecule has 0 aliphatic carbocycles. The van der Waals surface area contributed by atoms with E-state index in [1.54, 1.807) is 13.0 Å². The third kappa shape index (κ3) is 3.80. The van der Waals surface area contributed by atoms with Crippen molar-refractivity contribution in [1.29, 1.82) is 0 Å². The molecule has 0 saturated heterocycles. The summed E-state index contributed by atoms with van der Waals surface area (Å²) in [5.74, 6) is -1.50. The van der Waals surface area contributed by atoms with Gasteiger partial charge in [0.2, 0.25) is 0 Å². The Morgan fingerprint density at radius 3 is 2.52 bits per heavy atom. The Morgan fingerprint density at radius 2 is 1.91 bits per heavy atom. The van der Waals surface area contributed by atoms with E-state index in [-0.39, 0.29) is 10.6 Å². The molecule has 2 aromatic carbocycles. The molecule has 0 spiro atoms. The minimum Gasteiger partial charge on any atom is -0.496 e. The quantitative estimate of drug-likeness (QED) is 0.913. The average molecular weight is 358 g/mol. The van der Waals surface area contributed by atoms with Crippen LogP contribution in [0.3, 0.4) is 0 Å². The molecule has 0 fully saturated rings. The van der Waals surface area contributed by atoms with Gasteiger partial charge in [-0.3, -0.25) is 4.79 Å². The highest BCUT2D eigenvalue weighted by atomic mass is 35.5. The number of amides is 1. The highest BCUT2D eigenvalue weighted by Crippen LogP contribution is 2.21. The lowest BCUT2D eigenvalue weighted by Gasteiger charge is -2.10. The smallest absolute Gasteiger partial charge is 0.267 e. The van der Waals surface area contributed by atoms with Gasteiger partial charge in [-0.15, -0.1) is 0 Å². The van der Waals surface area contributed by atoms with Gasteiger partial charge in [0.25, 0.3) is 15.9 Å². The number of rotatable bonds is 4. The van der Waals surface area contributed by atoms with Crippen LogP contribution in [-0.2, 0) is 10.0 Å². The predicted molar refractivity (Wildman–Crippen MR) is 83.8 cm³/mol. The van der Waals surface area contributed by atoms with Gasteiger partial charge in [0.1, 0.15) is 16.5 Å². The SMILES string of the molecule is COc1cc(C(=O)NS(=O)(=O)c2ccc(Cl)cc2F)ccc1C. The Bertz CT molecular complexity index is 868. The monoisotopic (exact) mass is 357 g/mol. The third-order valence-electron chi connectivity index (χ3n) is 3.08. The second-order valence-electron chi connectivity index (χ2n) is 4.69. The van der Waals surface area contributed by atoms with E-state index >= 15 is 0 Å². The number of hydrogen-bond donors (Lipinski definition) is 1. The van der Waals surface area contributed by atoms with E-state index in [0.717, 1.165) is 17.7 Å². The van der Waals surface area contributed by atoms with Crippen LogP contribution in [0.4, 0.5) is 4.39 Å². The average Bonchev–Trinajstić information content (AvgIpc) is 2.46. The molecule has 0 saturated carbocycles. The summed E-state index contributed by atoms with van der Waals surface area (Å²) >= 11 is 5.58. The minimum atomic E-state index is -4.36. The van der Waals surface area contributed by atoms with Gasteiger partial charge in [-0.25, -0.2) is 17.5 Å². The number of carbonyl (C=O) groups excluding carboxylic acids is 1. The number of carbonyl (C=O) groups is 1. The van der Waals surface area contributed by atoms with Crippen LogP contribution in [0, 0.1) is 12.7 Å². The fourth-order valence-electron chi connectivity index (χ4n) is 1.89. The lowest BCUT2D eigenvalue weighted by Crippen LogP contribution is -2.31. The molecule has 0 unspecified atom stereocenters. The van der Waals surface area contributed by atoms with Crippen molar-refractivity contribution in [2.24, 2.45) is 0 Å². The minimum absolute atomic E-state index is 0.0519. The molecule has 0 heterocycles. The molecular formula is C15H13ClFNO4S. The molecule has 1 N–H and O–H groups in total. The summed E-state index contributed by atoms with van der Waals surface area (Å²) in [5, 5.41) is 0.0519. The maximum Gasteiger partial charge on any atom is 0.267 e. The maximum atomic E-state index is 13.7. The Kier molecular flexibility index (Phi) is 4.91. The van der Waals surface area contributed by atoms with Crippen LogP contribution in [0.2, 0.25) is 5.02 Å². The Labute approximate surface area is 138 Å². The molecule has 0 radical (unpaired) electrons. The van der Waals surface area contributed by atoms with Crippen LogP contribution in [0.5, 0.6) is 5.75 Å². The number of sulfonamides is 1. The lowest BCUT2D eigenvalue weighted by molar-refractivity contribution is 0.0981. The third-order valence-corrected chi connectivity index (χ3v) is 4.68. The molecule has 2 aromatic rings. The summed E-state index contributed by atoms with van der Waals surface area (Å²) < 4.78 is 44.9. The van der Waals surface area contributed by atoms with Crippen LogP contribution in [0.25, 0.3) is 0 Å². The largest absolute Gasteiger partial charge is 0.496 e. The molecule has 23 heavy (non-hydrogen) atoms. The van der Waals surface area contributed by atoms with E-state index < -0.39 is 26.6 Å². The van der Waals surface area contributed by atoms with Gasteiger partial charge in [0.05, 0.1) is 7.11 Å². The Balaban J connectivity index is 2.31. The number of ether oxygens (including phenoxy) is 1. The summed E-state index contributed by atoms with van der Waals surface area (Å²) in [4.78, 5) is 11.4. The number of methoxy groups -OCH3 is 1. The fraction of sp³-hybridized carbons (Fsp3) is 0.133. The Hall–Kier alpha value is -2.12. The maximum absolute atomic E-state index is 13.7. The zero-order chi connectivity index (χ0) is 17.2. The zero-order valence-electron chi connectivity index (χ0n) is 12.3. The summed E-state index contributed by atoms with van der Waals surface area (Å²) in [7, 11) is -2.92. The highest BCUT2D eigenvalue weighted by molar-refractivity contribution is 7.90. The predicted octanol–water partition coefficient (Wildman–Crippen LogP) is 2.91. The van der Waals surface area contributed by atoms with Crippen molar-refractivity contribution in [1.82, 2.24) is 4.72 Å². The first-order valence-corrected chi connectivity index (χ1v) is 8.27. The van der Waals surface area contributed by atoms with Crippen molar-refractivity contribution in [3.63, 3.8) is 0 Å². The van der Waals surface area contributed by atoms with Crippen LogP contribution in [0.15, 0.2) is 41.3 Å². The second kappa shape index (κ2) is 6.55. The van der Waals surface area contributed by atoms with Crippen LogP contribution in [0.1, 0.15) is 15.9 Å². The number of benzene rings is 2. The van der Waals surface area contributed by atoms with E-state index in [1.807, 2.05) is 4.72 Å². The van der Waals surface area contributed by atoms with Crippen molar-refractivity contribution in [2.75, 3.05) is 7.11 Å². The van der Waals surface area contributed by atoms with E-state index in [2.05, 4.69) is 0 Å². The van der Waals surface area contributed by atoms with Crippen molar-refractivity contribution >= 4 is 27.5 Å². The molecular weight excluding hydrogens is 345 g/mol. The van der Waals surface area contributed by atoms with Gasteiger partial charge in [0, 0.05) is 10.6 Å².